The molecule has 0 aliphatic carbocycles. The third kappa shape index (κ3) is 4.93. The number of aliphatic hydroxyl groups is 1. The van der Waals surface area contributed by atoms with Gasteiger partial charge in [0.15, 0.2) is 0 Å². The molecule has 2 heterocycles. The molecule has 1 N–H and O–H groups in total. The topological polar surface area (TPSA) is 76.8 Å². The molecule has 1 saturated heterocycles. The number of aliphatic hydroxyl groups excluding tert-OH is 1. The van der Waals surface area contributed by atoms with Crippen molar-refractivity contribution < 1.29 is 19.4 Å². The largest absolute Gasteiger partial charge is 0.494 e. The summed E-state index contributed by atoms with van der Waals surface area (Å²) >= 11 is 0. The van der Waals surface area contributed by atoms with Gasteiger partial charge in [-0.2, -0.15) is 0 Å². The smallest absolute Gasteiger partial charge is 0.227 e. The van der Waals surface area contributed by atoms with Crippen molar-refractivity contribution in [3.63, 3.8) is 0 Å². The molecule has 5 rings (SSSR count). The molecule has 0 spiro atoms. The fourth-order valence-corrected chi connectivity index (χ4v) is 4.78. The van der Waals surface area contributed by atoms with Crippen LogP contribution in [0.2, 0.25) is 0 Å². The highest BCUT2D eigenvalue weighted by Gasteiger charge is 2.35. The number of benzene rings is 3. The van der Waals surface area contributed by atoms with Gasteiger partial charge >= 0.3 is 0 Å². The molecule has 1 fully saturated rings. The van der Waals surface area contributed by atoms with Crippen molar-refractivity contribution in [3.05, 3.63) is 84.2 Å². The Balaban J connectivity index is 1.36. The second-order valence-electron chi connectivity index (χ2n) is 9.13. The second kappa shape index (κ2) is 10.4. The molecule has 1 aliphatic heterocycles. The van der Waals surface area contributed by atoms with E-state index in [0.29, 0.717) is 26.1 Å². The zero-order valence-corrected chi connectivity index (χ0v) is 20.6. The van der Waals surface area contributed by atoms with Gasteiger partial charge in [-0.1, -0.05) is 30.3 Å². The highest BCUT2D eigenvalue weighted by molar-refractivity contribution is 5.96. The van der Waals surface area contributed by atoms with E-state index in [9.17, 15) is 9.90 Å². The lowest BCUT2D eigenvalue weighted by molar-refractivity contribution is -0.117. The average molecular weight is 486 g/mol. The maximum atomic E-state index is 13.0. The average Bonchev–Trinajstić information content (AvgIpc) is 3.45. The van der Waals surface area contributed by atoms with Crippen LogP contribution in [-0.4, -0.2) is 46.4 Å². The van der Waals surface area contributed by atoms with Crippen molar-refractivity contribution in [2.24, 2.45) is 0 Å². The van der Waals surface area contributed by atoms with Gasteiger partial charge in [-0.15, -0.1) is 0 Å². The molecule has 186 valence electrons. The number of anilines is 1. The number of carbonyl (C=O) groups is 1. The lowest BCUT2D eigenvalue weighted by Crippen LogP contribution is -2.26. The van der Waals surface area contributed by atoms with E-state index in [-0.39, 0.29) is 18.4 Å². The molecule has 1 aromatic heterocycles. The maximum Gasteiger partial charge on any atom is 0.227 e. The Kier molecular flexibility index (Phi) is 6.91. The van der Waals surface area contributed by atoms with Crippen molar-refractivity contribution in [2.75, 3.05) is 24.7 Å². The first-order valence-electron chi connectivity index (χ1n) is 12.4. The standard InChI is InChI=1S/C29H31N3O4/c1-3-35-24-14-12-22(13-15-24)31-17-21(16-28(31)34)29-30-25-9-5-6-10-26(25)32(29)18-23(33)19-36-27-11-7-4-8-20(27)2/h4-15,21,23,33H,3,16-19H2,1-2H3. The Morgan fingerprint density at radius 2 is 1.78 bits per heavy atom. The minimum Gasteiger partial charge on any atom is -0.494 e. The normalized spacial score (nSPS) is 16.5. The number of carbonyl (C=O) groups excluding carboxylic acids is 1. The van der Waals surface area contributed by atoms with E-state index < -0.39 is 6.10 Å². The van der Waals surface area contributed by atoms with Crippen molar-refractivity contribution in [3.8, 4) is 11.5 Å². The number of hydrogen-bond acceptors (Lipinski definition) is 5. The monoisotopic (exact) mass is 485 g/mol. The molecule has 2 atom stereocenters. The fourth-order valence-electron chi connectivity index (χ4n) is 4.78. The Labute approximate surface area is 210 Å². The molecule has 2 unspecified atom stereocenters. The summed E-state index contributed by atoms with van der Waals surface area (Å²) in [7, 11) is 0. The van der Waals surface area contributed by atoms with E-state index in [1.165, 1.54) is 0 Å². The van der Waals surface area contributed by atoms with Crippen LogP contribution in [0, 0.1) is 6.92 Å². The number of amides is 1. The van der Waals surface area contributed by atoms with Crippen LogP contribution in [0.1, 0.15) is 30.7 Å². The summed E-state index contributed by atoms with van der Waals surface area (Å²) in [6.07, 6.45) is -0.368. The van der Waals surface area contributed by atoms with E-state index in [4.69, 9.17) is 14.5 Å². The first-order chi connectivity index (χ1) is 17.5. The summed E-state index contributed by atoms with van der Waals surface area (Å²) in [6.45, 7) is 5.55. The second-order valence-corrected chi connectivity index (χ2v) is 9.13. The third-order valence-electron chi connectivity index (χ3n) is 6.55. The van der Waals surface area contributed by atoms with E-state index in [0.717, 1.165) is 39.6 Å². The maximum absolute atomic E-state index is 13.0. The van der Waals surface area contributed by atoms with E-state index >= 15 is 0 Å². The third-order valence-corrected chi connectivity index (χ3v) is 6.55. The number of aromatic nitrogens is 2. The quantitative estimate of drug-likeness (QED) is 0.372. The first-order valence-corrected chi connectivity index (χ1v) is 12.4. The molecule has 7 heteroatoms. The minimum absolute atomic E-state index is 0.0613. The molecular formula is C29H31N3O4. The molecule has 1 amide bonds. The van der Waals surface area contributed by atoms with Gasteiger partial charge in [0.05, 0.1) is 24.2 Å². The Morgan fingerprint density at radius 3 is 2.56 bits per heavy atom. The molecule has 4 aromatic rings. The summed E-state index contributed by atoms with van der Waals surface area (Å²) in [5.41, 5.74) is 3.67. The summed E-state index contributed by atoms with van der Waals surface area (Å²) in [5, 5.41) is 10.9. The molecule has 7 nitrogen and oxygen atoms in total. The van der Waals surface area contributed by atoms with Crippen LogP contribution in [-0.2, 0) is 11.3 Å². The lowest BCUT2D eigenvalue weighted by atomic mass is 10.1. The number of nitrogens with zero attached hydrogens (tertiary/aromatic N) is 3. The van der Waals surface area contributed by atoms with Gasteiger partial charge < -0.3 is 24.0 Å². The number of hydrogen-bond donors (Lipinski definition) is 1. The van der Waals surface area contributed by atoms with Crippen molar-refractivity contribution >= 4 is 22.6 Å². The van der Waals surface area contributed by atoms with Crippen LogP contribution in [0.25, 0.3) is 11.0 Å². The summed E-state index contributed by atoms with van der Waals surface area (Å²) in [4.78, 5) is 19.7. The minimum atomic E-state index is -0.736. The Morgan fingerprint density at radius 1 is 1.03 bits per heavy atom. The van der Waals surface area contributed by atoms with Gasteiger partial charge in [-0.3, -0.25) is 4.79 Å². The van der Waals surface area contributed by atoms with Crippen LogP contribution >= 0.6 is 0 Å². The van der Waals surface area contributed by atoms with Gasteiger partial charge in [0.1, 0.15) is 30.0 Å². The highest BCUT2D eigenvalue weighted by atomic mass is 16.5. The van der Waals surface area contributed by atoms with Gasteiger partial charge in [0, 0.05) is 24.6 Å². The van der Waals surface area contributed by atoms with Crippen LogP contribution in [0.4, 0.5) is 5.69 Å². The predicted octanol–water partition coefficient (Wildman–Crippen LogP) is 4.70. The highest BCUT2D eigenvalue weighted by Crippen LogP contribution is 2.34. The fraction of sp³-hybridized carbons (Fsp3) is 0.310. The summed E-state index contributed by atoms with van der Waals surface area (Å²) in [6, 6.07) is 23.3. The first kappa shape index (κ1) is 23.9. The van der Waals surface area contributed by atoms with Crippen molar-refractivity contribution in [2.45, 2.75) is 38.8 Å². The molecule has 3 aromatic carbocycles. The number of aryl methyl sites for hydroxylation is 1. The van der Waals surface area contributed by atoms with Crippen molar-refractivity contribution in [1.82, 2.24) is 9.55 Å². The van der Waals surface area contributed by atoms with E-state index in [1.54, 1.807) is 0 Å². The molecule has 0 radical (unpaired) electrons. The van der Waals surface area contributed by atoms with Crippen LogP contribution in [0.5, 0.6) is 11.5 Å². The lowest BCUT2D eigenvalue weighted by Gasteiger charge is -2.19. The van der Waals surface area contributed by atoms with Crippen LogP contribution < -0.4 is 14.4 Å². The number of rotatable bonds is 9. The number of ether oxygens (including phenoxy) is 2. The van der Waals surface area contributed by atoms with Crippen LogP contribution in [0.15, 0.2) is 72.8 Å². The number of para-hydroxylation sites is 3. The molecule has 36 heavy (non-hydrogen) atoms. The molecule has 0 saturated carbocycles. The Hall–Kier alpha value is -3.84. The zero-order chi connectivity index (χ0) is 25.1. The number of fused-ring (bicyclic) bond motifs is 1. The van der Waals surface area contributed by atoms with Gasteiger partial charge in [0.2, 0.25) is 5.91 Å². The SMILES string of the molecule is CCOc1ccc(N2CC(c3nc4ccccc4n3CC(O)COc3ccccc3C)CC2=O)cc1. The van der Waals surface area contributed by atoms with Gasteiger partial charge in [0.25, 0.3) is 0 Å². The van der Waals surface area contributed by atoms with E-state index in [2.05, 4.69) is 0 Å². The van der Waals surface area contributed by atoms with Gasteiger partial charge in [-0.25, -0.2) is 4.98 Å². The summed E-state index contributed by atoms with van der Waals surface area (Å²) < 4.78 is 13.5. The van der Waals surface area contributed by atoms with Gasteiger partial charge in [-0.05, 0) is 61.9 Å². The number of imidazole rings is 1. The molecule has 0 bridgehead atoms. The summed E-state index contributed by atoms with van der Waals surface area (Å²) in [5.74, 6) is 2.34. The predicted molar refractivity (Wildman–Crippen MR) is 140 cm³/mol. The molecule has 1 aliphatic rings. The Bertz CT molecular complexity index is 1350. The van der Waals surface area contributed by atoms with E-state index in [1.807, 2.05) is 96.1 Å². The van der Waals surface area contributed by atoms with Crippen molar-refractivity contribution in [1.29, 1.82) is 0 Å². The molecular weight excluding hydrogens is 454 g/mol. The van der Waals surface area contributed by atoms with Crippen LogP contribution in [0.3, 0.4) is 0 Å². The zero-order valence-electron chi connectivity index (χ0n) is 20.6.